The Morgan fingerprint density at radius 2 is 2.00 bits per heavy atom. The van der Waals surface area contributed by atoms with Crippen molar-refractivity contribution >= 4 is 5.91 Å². The molecular formula is C17H29N3O2. The van der Waals surface area contributed by atoms with E-state index in [1.165, 1.54) is 5.56 Å². The van der Waals surface area contributed by atoms with Gasteiger partial charge in [0.05, 0.1) is 12.5 Å². The Kier molecular flexibility index (Phi) is 8.74. The summed E-state index contributed by atoms with van der Waals surface area (Å²) < 4.78 is 5.12. The number of nitrogens with zero attached hydrogens (tertiary/aromatic N) is 1. The van der Waals surface area contributed by atoms with Crippen LogP contribution in [0, 0.1) is 0 Å². The number of hydrogen-bond donors (Lipinski definition) is 2. The van der Waals surface area contributed by atoms with Gasteiger partial charge in [0, 0.05) is 26.7 Å². The zero-order valence-corrected chi connectivity index (χ0v) is 14.0. The Morgan fingerprint density at radius 3 is 2.59 bits per heavy atom. The maximum atomic E-state index is 11.8. The van der Waals surface area contributed by atoms with Crippen LogP contribution in [0.4, 0.5) is 0 Å². The molecular weight excluding hydrogens is 278 g/mol. The third kappa shape index (κ3) is 6.56. The van der Waals surface area contributed by atoms with Crippen molar-refractivity contribution in [2.24, 2.45) is 5.73 Å². The number of benzene rings is 1. The minimum atomic E-state index is -0.214. The monoisotopic (exact) mass is 307 g/mol. The van der Waals surface area contributed by atoms with Crippen LogP contribution in [-0.4, -0.2) is 43.7 Å². The standard InChI is InChI=1S/C17H29N3O2/c1-4-20(5-2)13-15-8-6-7-14(9-15)12-19-17(21)10-16(11-18)22-3/h6-9,16H,4-5,10-13,18H2,1-3H3,(H,19,21). The van der Waals surface area contributed by atoms with Crippen LogP contribution < -0.4 is 11.1 Å². The molecule has 0 saturated carbocycles. The fraction of sp³-hybridized carbons (Fsp3) is 0.588. The van der Waals surface area contributed by atoms with Gasteiger partial charge in [-0.05, 0) is 24.2 Å². The van der Waals surface area contributed by atoms with Crippen LogP contribution >= 0.6 is 0 Å². The van der Waals surface area contributed by atoms with Gasteiger partial charge in [0.2, 0.25) is 5.91 Å². The van der Waals surface area contributed by atoms with Gasteiger partial charge in [-0.1, -0.05) is 38.1 Å². The first-order valence-corrected chi connectivity index (χ1v) is 7.92. The molecule has 1 atom stereocenters. The lowest BCUT2D eigenvalue weighted by Gasteiger charge is -2.18. The summed E-state index contributed by atoms with van der Waals surface area (Å²) in [6, 6.07) is 8.34. The number of methoxy groups -OCH3 is 1. The zero-order valence-electron chi connectivity index (χ0n) is 14.0. The second-order valence-electron chi connectivity index (χ2n) is 5.36. The third-order valence-electron chi connectivity index (χ3n) is 3.79. The molecule has 3 N–H and O–H groups in total. The molecule has 0 saturated heterocycles. The molecule has 5 heteroatoms. The number of carbonyl (C=O) groups is 1. The first-order valence-electron chi connectivity index (χ1n) is 7.92. The SMILES string of the molecule is CCN(CC)Cc1cccc(CNC(=O)CC(CN)OC)c1. The van der Waals surface area contributed by atoms with Crippen LogP contribution in [-0.2, 0) is 22.6 Å². The maximum Gasteiger partial charge on any atom is 0.222 e. The Balaban J connectivity index is 2.51. The van der Waals surface area contributed by atoms with E-state index in [1.54, 1.807) is 7.11 Å². The number of hydrogen-bond acceptors (Lipinski definition) is 4. The summed E-state index contributed by atoms with van der Waals surface area (Å²) in [7, 11) is 1.57. The molecule has 0 aromatic heterocycles. The van der Waals surface area contributed by atoms with Crippen molar-refractivity contribution in [2.75, 3.05) is 26.7 Å². The largest absolute Gasteiger partial charge is 0.380 e. The van der Waals surface area contributed by atoms with E-state index in [0.29, 0.717) is 19.5 Å². The van der Waals surface area contributed by atoms with Crippen LogP contribution in [0.15, 0.2) is 24.3 Å². The van der Waals surface area contributed by atoms with E-state index in [4.69, 9.17) is 10.5 Å². The van der Waals surface area contributed by atoms with Crippen LogP contribution in [0.1, 0.15) is 31.4 Å². The number of carbonyl (C=O) groups excluding carboxylic acids is 1. The lowest BCUT2D eigenvalue weighted by Crippen LogP contribution is -2.31. The fourth-order valence-electron chi connectivity index (χ4n) is 2.29. The predicted octanol–water partition coefficient (Wildman–Crippen LogP) is 1.51. The first-order chi connectivity index (χ1) is 10.6. The van der Waals surface area contributed by atoms with E-state index in [0.717, 1.165) is 25.2 Å². The van der Waals surface area contributed by atoms with Crippen molar-refractivity contribution in [3.63, 3.8) is 0 Å². The number of ether oxygens (including phenoxy) is 1. The molecule has 5 nitrogen and oxygen atoms in total. The van der Waals surface area contributed by atoms with Crippen LogP contribution in [0.5, 0.6) is 0 Å². The van der Waals surface area contributed by atoms with E-state index in [-0.39, 0.29) is 12.0 Å². The molecule has 1 amide bonds. The molecule has 0 fully saturated rings. The summed E-state index contributed by atoms with van der Waals surface area (Å²) in [5.41, 5.74) is 7.90. The highest BCUT2D eigenvalue weighted by molar-refractivity contribution is 5.76. The van der Waals surface area contributed by atoms with Crippen LogP contribution in [0.2, 0.25) is 0 Å². The highest BCUT2D eigenvalue weighted by Gasteiger charge is 2.11. The molecule has 0 bridgehead atoms. The van der Waals surface area contributed by atoms with Crippen molar-refractivity contribution < 1.29 is 9.53 Å². The summed E-state index contributed by atoms with van der Waals surface area (Å²) >= 11 is 0. The molecule has 0 aliphatic rings. The normalized spacial score (nSPS) is 12.4. The predicted molar refractivity (Wildman–Crippen MR) is 89.4 cm³/mol. The van der Waals surface area contributed by atoms with Gasteiger partial charge in [-0.2, -0.15) is 0 Å². The van der Waals surface area contributed by atoms with E-state index in [2.05, 4.69) is 36.2 Å². The summed E-state index contributed by atoms with van der Waals surface area (Å²) in [6.45, 7) is 8.22. The Bertz CT molecular complexity index is 443. The summed E-state index contributed by atoms with van der Waals surface area (Å²) in [5, 5.41) is 2.92. The van der Waals surface area contributed by atoms with Crippen molar-refractivity contribution in [1.29, 1.82) is 0 Å². The highest BCUT2D eigenvalue weighted by Crippen LogP contribution is 2.08. The van der Waals surface area contributed by atoms with Crippen LogP contribution in [0.25, 0.3) is 0 Å². The number of nitrogens with two attached hydrogens (primary N) is 1. The van der Waals surface area contributed by atoms with Gasteiger partial charge < -0.3 is 15.8 Å². The minimum Gasteiger partial charge on any atom is -0.380 e. The average molecular weight is 307 g/mol. The smallest absolute Gasteiger partial charge is 0.222 e. The number of nitrogens with one attached hydrogen (secondary N) is 1. The van der Waals surface area contributed by atoms with Crippen molar-refractivity contribution in [1.82, 2.24) is 10.2 Å². The summed E-state index contributed by atoms with van der Waals surface area (Å²) in [6.07, 6.45) is 0.0839. The van der Waals surface area contributed by atoms with Gasteiger partial charge in [-0.15, -0.1) is 0 Å². The average Bonchev–Trinajstić information content (AvgIpc) is 2.56. The Hall–Kier alpha value is -1.43. The lowest BCUT2D eigenvalue weighted by molar-refractivity contribution is -0.123. The molecule has 1 unspecified atom stereocenters. The topological polar surface area (TPSA) is 67.6 Å². The molecule has 0 radical (unpaired) electrons. The van der Waals surface area contributed by atoms with E-state index in [9.17, 15) is 4.79 Å². The second-order valence-corrected chi connectivity index (χ2v) is 5.36. The quantitative estimate of drug-likeness (QED) is 0.687. The molecule has 22 heavy (non-hydrogen) atoms. The van der Waals surface area contributed by atoms with E-state index >= 15 is 0 Å². The van der Waals surface area contributed by atoms with Gasteiger partial charge in [0.15, 0.2) is 0 Å². The zero-order chi connectivity index (χ0) is 16.4. The van der Waals surface area contributed by atoms with E-state index in [1.807, 2.05) is 12.1 Å². The van der Waals surface area contributed by atoms with E-state index < -0.39 is 0 Å². The lowest BCUT2D eigenvalue weighted by atomic mass is 10.1. The fourth-order valence-corrected chi connectivity index (χ4v) is 2.29. The first kappa shape index (κ1) is 18.6. The molecule has 0 aliphatic carbocycles. The molecule has 1 rings (SSSR count). The van der Waals surface area contributed by atoms with Crippen molar-refractivity contribution in [2.45, 2.75) is 39.5 Å². The third-order valence-corrected chi connectivity index (χ3v) is 3.79. The Morgan fingerprint density at radius 1 is 1.32 bits per heavy atom. The molecule has 124 valence electrons. The maximum absolute atomic E-state index is 11.8. The van der Waals surface area contributed by atoms with Gasteiger partial charge in [-0.25, -0.2) is 0 Å². The van der Waals surface area contributed by atoms with Gasteiger partial charge in [0.1, 0.15) is 0 Å². The summed E-state index contributed by atoms with van der Waals surface area (Å²) in [5.74, 6) is -0.0357. The van der Waals surface area contributed by atoms with Gasteiger partial charge in [-0.3, -0.25) is 9.69 Å². The molecule has 0 spiro atoms. The molecule has 0 heterocycles. The Labute approximate surface area is 133 Å². The highest BCUT2D eigenvalue weighted by atomic mass is 16.5. The molecule has 1 aromatic rings. The minimum absolute atomic E-state index is 0.0357. The molecule has 1 aromatic carbocycles. The molecule has 0 aliphatic heterocycles. The van der Waals surface area contributed by atoms with Crippen molar-refractivity contribution in [3.8, 4) is 0 Å². The second kappa shape index (κ2) is 10.3. The van der Waals surface area contributed by atoms with Crippen LogP contribution in [0.3, 0.4) is 0 Å². The summed E-state index contributed by atoms with van der Waals surface area (Å²) in [4.78, 5) is 14.2. The van der Waals surface area contributed by atoms with Crippen molar-refractivity contribution in [3.05, 3.63) is 35.4 Å². The number of rotatable bonds is 10. The number of amides is 1. The van der Waals surface area contributed by atoms with Gasteiger partial charge >= 0.3 is 0 Å². The van der Waals surface area contributed by atoms with Gasteiger partial charge in [0.25, 0.3) is 0 Å².